The topological polar surface area (TPSA) is 72.6 Å². The average molecular weight is 533 g/mol. The van der Waals surface area contributed by atoms with Gasteiger partial charge in [0.15, 0.2) is 6.20 Å². The zero-order valence-electron chi connectivity index (χ0n) is 22.4. The summed E-state index contributed by atoms with van der Waals surface area (Å²) in [5.74, 6) is -0.850. The van der Waals surface area contributed by atoms with Gasteiger partial charge < -0.3 is 19.7 Å². The second kappa shape index (κ2) is 10.1. The first-order valence-electron chi connectivity index (χ1n) is 12.8. The van der Waals surface area contributed by atoms with E-state index in [4.69, 9.17) is 9.72 Å². The van der Waals surface area contributed by atoms with E-state index in [1.165, 1.54) is 18.3 Å². The number of amides is 1. The molecule has 4 aromatic rings. The van der Waals surface area contributed by atoms with Crippen LogP contribution in [0.4, 0.5) is 19.4 Å². The lowest BCUT2D eigenvalue weighted by atomic mass is 9.97. The van der Waals surface area contributed by atoms with Crippen LogP contribution in [0, 0.1) is 23.8 Å². The number of hydrogen-bond donors (Lipinski definition) is 0. The van der Waals surface area contributed by atoms with Crippen LogP contribution in [0.1, 0.15) is 26.3 Å². The molecular weight excluding hydrogens is 502 g/mol. The number of halogens is 2. The summed E-state index contributed by atoms with van der Waals surface area (Å²) in [6, 6.07) is 14.3. The van der Waals surface area contributed by atoms with Gasteiger partial charge in [-0.2, -0.15) is 4.73 Å². The van der Waals surface area contributed by atoms with Crippen molar-refractivity contribution in [1.29, 1.82) is 0 Å². The van der Waals surface area contributed by atoms with Crippen molar-refractivity contribution in [3.8, 4) is 22.4 Å². The standard InChI is InChI=1S/C30H30F2N4O3/c1-19-7-5-6-8-21(19)28-27-23(11-12-36(28)38)24(22-10-9-20(31)17-25(22)32)18-26(33-27)34-13-15-35(16-14-34)29(37)39-30(2,3)4/h5-12,17-18H,13-16H2,1-4H3. The van der Waals surface area contributed by atoms with Gasteiger partial charge in [-0.05, 0) is 63.1 Å². The van der Waals surface area contributed by atoms with E-state index < -0.39 is 17.2 Å². The highest BCUT2D eigenvalue weighted by Crippen LogP contribution is 2.37. The fourth-order valence-electron chi connectivity index (χ4n) is 4.83. The summed E-state index contributed by atoms with van der Waals surface area (Å²) >= 11 is 0. The molecule has 0 unspecified atom stereocenters. The monoisotopic (exact) mass is 532 g/mol. The van der Waals surface area contributed by atoms with Crippen molar-refractivity contribution in [2.75, 3.05) is 31.1 Å². The van der Waals surface area contributed by atoms with Crippen molar-refractivity contribution in [3.05, 3.63) is 83.2 Å². The van der Waals surface area contributed by atoms with Crippen molar-refractivity contribution in [2.24, 2.45) is 0 Å². The van der Waals surface area contributed by atoms with Crippen LogP contribution in [0.15, 0.2) is 60.8 Å². The van der Waals surface area contributed by atoms with Crippen molar-refractivity contribution < 1.29 is 23.0 Å². The molecule has 1 amide bonds. The Balaban J connectivity index is 1.63. The minimum Gasteiger partial charge on any atom is -0.618 e. The van der Waals surface area contributed by atoms with Crippen LogP contribution in [0.25, 0.3) is 33.3 Å². The molecule has 0 bridgehead atoms. The third-order valence-corrected chi connectivity index (χ3v) is 6.74. The van der Waals surface area contributed by atoms with E-state index in [-0.39, 0.29) is 11.7 Å². The first kappa shape index (κ1) is 26.3. The first-order chi connectivity index (χ1) is 18.5. The summed E-state index contributed by atoms with van der Waals surface area (Å²) in [5, 5.41) is 13.7. The van der Waals surface area contributed by atoms with Crippen molar-refractivity contribution in [3.63, 3.8) is 0 Å². The van der Waals surface area contributed by atoms with Crippen molar-refractivity contribution >= 4 is 22.8 Å². The van der Waals surface area contributed by atoms with E-state index in [1.54, 1.807) is 17.0 Å². The van der Waals surface area contributed by atoms with Crippen LogP contribution in [0.2, 0.25) is 0 Å². The fourth-order valence-corrected chi connectivity index (χ4v) is 4.83. The Labute approximate surface area is 225 Å². The molecule has 0 spiro atoms. The second-order valence-corrected chi connectivity index (χ2v) is 10.7. The molecule has 2 aromatic carbocycles. The van der Waals surface area contributed by atoms with E-state index >= 15 is 4.39 Å². The Morgan fingerprint density at radius 1 is 0.974 bits per heavy atom. The number of piperazine rings is 1. The summed E-state index contributed by atoms with van der Waals surface area (Å²) in [5.41, 5.74) is 2.47. The number of nitrogens with zero attached hydrogens (tertiary/aromatic N) is 4. The van der Waals surface area contributed by atoms with Crippen LogP contribution < -0.4 is 9.63 Å². The molecule has 0 N–H and O–H groups in total. The minimum absolute atomic E-state index is 0.205. The number of hydrogen-bond acceptors (Lipinski definition) is 5. The first-order valence-corrected chi connectivity index (χ1v) is 12.8. The highest BCUT2D eigenvalue weighted by molar-refractivity contribution is 6.01. The SMILES string of the molecule is Cc1ccccc1-c1c2nc(N3CCN(C(=O)OC(C)(C)C)CC3)cc(-c3ccc(F)cc3F)c2cc[n+]1[O-]. The maximum Gasteiger partial charge on any atom is 0.410 e. The Morgan fingerprint density at radius 3 is 2.36 bits per heavy atom. The lowest BCUT2D eigenvalue weighted by Gasteiger charge is -2.36. The maximum atomic E-state index is 15.1. The molecule has 0 radical (unpaired) electrons. The molecular formula is C30H30F2N4O3. The lowest BCUT2D eigenvalue weighted by molar-refractivity contribution is -0.592. The highest BCUT2D eigenvalue weighted by atomic mass is 19.1. The van der Waals surface area contributed by atoms with Crippen LogP contribution in [-0.2, 0) is 4.74 Å². The molecule has 1 fully saturated rings. The molecule has 39 heavy (non-hydrogen) atoms. The molecule has 1 aliphatic rings. The molecule has 1 aliphatic heterocycles. The largest absolute Gasteiger partial charge is 0.618 e. The number of benzene rings is 2. The van der Waals surface area contributed by atoms with Gasteiger partial charge in [0.1, 0.15) is 28.6 Å². The third kappa shape index (κ3) is 5.34. The van der Waals surface area contributed by atoms with Gasteiger partial charge in [0.05, 0.1) is 5.56 Å². The molecule has 3 heterocycles. The Hall–Kier alpha value is -4.27. The van der Waals surface area contributed by atoms with Gasteiger partial charge >= 0.3 is 6.09 Å². The van der Waals surface area contributed by atoms with Crippen LogP contribution >= 0.6 is 0 Å². The summed E-state index contributed by atoms with van der Waals surface area (Å²) in [6.45, 7) is 9.14. The van der Waals surface area contributed by atoms with Crippen LogP contribution in [0.5, 0.6) is 0 Å². The molecule has 0 atom stereocenters. The Bertz CT molecular complexity index is 1560. The number of aromatic nitrogens is 2. The number of rotatable bonds is 3. The molecule has 0 saturated carbocycles. The molecule has 202 valence electrons. The van der Waals surface area contributed by atoms with Gasteiger partial charge in [-0.15, -0.1) is 0 Å². The van der Waals surface area contributed by atoms with Gasteiger partial charge in [0, 0.05) is 49.3 Å². The second-order valence-electron chi connectivity index (χ2n) is 10.7. The molecule has 9 heteroatoms. The van der Waals surface area contributed by atoms with E-state index in [0.29, 0.717) is 59.7 Å². The normalized spacial score (nSPS) is 14.1. The number of ether oxygens (including phenoxy) is 1. The number of anilines is 1. The van der Waals surface area contributed by atoms with Crippen LogP contribution in [0.3, 0.4) is 0 Å². The Kier molecular flexibility index (Phi) is 6.84. The molecule has 1 saturated heterocycles. The minimum atomic E-state index is -0.709. The fraction of sp³-hybridized carbons (Fsp3) is 0.300. The number of aryl methyl sites for hydroxylation is 1. The summed E-state index contributed by atoms with van der Waals surface area (Å²) in [7, 11) is 0. The third-order valence-electron chi connectivity index (χ3n) is 6.74. The lowest BCUT2D eigenvalue weighted by Crippen LogP contribution is -2.50. The summed E-state index contributed by atoms with van der Waals surface area (Å²) < 4.78 is 35.1. The van der Waals surface area contributed by atoms with Gasteiger partial charge in [-0.1, -0.05) is 18.2 Å². The van der Waals surface area contributed by atoms with Crippen LogP contribution in [-0.4, -0.2) is 47.8 Å². The molecule has 2 aromatic heterocycles. The smallest absolute Gasteiger partial charge is 0.410 e. The predicted octanol–water partition coefficient (Wildman–Crippen LogP) is 5.85. The summed E-state index contributed by atoms with van der Waals surface area (Å²) in [6.07, 6.45) is 1.01. The Morgan fingerprint density at radius 2 is 1.69 bits per heavy atom. The van der Waals surface area contributed by atoms with Gasteiger partial charge in [-0.3, -0.25) is 0 Å². The van der Waals surface area contributed by atoms with Gasteiger partial charge in [-0.25, -0.2) is 18.6 Å². The van der Waals surface area contributed by atoms with Gasteiger partial charge in [0.25, 0.3) is 5.69 Å². The summed E-state index contributed by atoms with van der Waals surface area (Å²) in [4.78, 5) is 21.1. The number of fused-ring (bicyclic) bond motifs is 1. The highest BCUT2D eigenvalue weighted by Gasteiger charge is 2.28. The van der Waals surface area contributed by atoms with E-state index in [2.05, 4.69) is 0 Å². The number of carbonyl (C=O) groups excluding carboxylic acids is 1. The van der Waals surface area contributed by atoms with Gasteiger partial charge in [0.2, 0.25) is 0 Å². The molecule has 0 aliphatic carbocycles. The average Bonchev–Trinajstić information content (AvgIpc) is 2.88. The quantitative estimate of drug-likeness (QED) is 0.245. The number of carbonyl (C=O) groups is 1. The van der Waals surface area contributed by atoms with Crippen molar-refractivity contribution in [1.82, 2.24) is 9.88 Å². The van der Waals surface area contributed by atoms with E-state index in [0.717, 1.165) is 16.4 Å². The zero-order chi connectivity index (χ0) is 27.9. The predicted molar refractivity (Wildman–Crippen MR) is 146 cm³/mol. The van der Waals surface area contributed by atoms with Crippen molar-refractivity contribution in [2.45, 2.75) is 33.3 Å². The van der Waals surface area contributed by atoms with E-state index in [1.807, 2.05) is 56.9 Å². The van der Waals surface area contributed by atoms with E-state index in [9.17, 15) is 14.4 Å². The maximum absolute atomic E-state index is 15.1. The zero-order valence-corrected chi connectivity index (χ0v) is 22.4. The molecule has 7 nitrogen and oxygen atoms in total. The number of pyridine rings is 2. The molecule has 5 rings (SSSR count).